The molecule has 0 radical (unpaired) electrons. The maximum Gasteiger partial charge on any atom is 0.339 e. The molecule has 150 valence electrons. The van der Waals surface area contributed by atoms with E-state index in [-0.39, 0.29) is 5.63 Å². The third kappa shape index (κ3) is 5.71. The minimum absolute atomic E-state index is 0.291. The van der Waals surface area contributed by atoms with Crippen LogP contribution in [0, 0.1) is 0 Å². The van der Waals surface area contributed by atoms with Crippen molar-refractivity contribution in [2.24, 2.45) is 0 Å². The van der Waals surface area contributed by atoms with Gasteiger partial charge in [0.25, 0.3) is 0 Å². The summed E-state index contributed by atoms with van der Waals surface area (Å²) in [5, 5.41) is 0.922. The molecule has 0 spiro atoms. The Morgan fingerprint density at radius 2 is 1.52 bits per heavy atom. The summed E-state index contributed by atoms with van der Waals surface area (Å²) in [5.74, 6) is 0.749. The van der Waals surface area contributed by atoms with Gasteiger partial charge in [0, 0.05) is 17.0 Å². The fourth-order valence-corrected chi connectivity index (χ4v) is 3.04. The monoisotopic (exact) mass is 388 g/mol. The maximum atomic E-state index is 12.4. The molecule has 29 heavy (non-hydrogen) atoms. The van der Waals surface area contributed by atoms with Crippen molar-refractivity contribution in [2.75, 3.05) is 0 Å². The molecule has 0 aliphatic heterocycles. The van der Waals surface area contributed by atoms with Crippen molar-refractivity contribution < 1.29 is 9.15 Å². The van der Waals surface area contributed by atoms with Crippen LogP contribution in [0.5, 0.6) is 5.75 Å². The summed E-state index contributed by atoms with van der Waals surface area (Å²) in [7, 11) is 0. The molecule has 0 fully saturated rings. The van der Waals surface area contributed by atoms with E-state index in [9.17, 15) is 4.79 Å². The second kappa shape index (κ2) is 9.42. The van der Waals surface area contributed by atoms with Gasteiger partial charge in [-0.1, -0.05) is 53.6 Å². The largest absolute Gasteiger partial charge is 0.488 e. The second-order valence-corrected chi connectivity index (χ2v) is 7.80. The van der Waals surface area contributed by atoms with Crippen LogP contribution in [-0.4, -0.2) is 0 Å². The molecule has 3 aromatic rings. The Hall–Kier alpha value is -3.07. The van der Waals surface area contributed by atoms with Crippen LogP contribution >= 0.6 is 0 Å². The molecular weight excluding hydrogens is 360 g/mol. The molecule has 0 aliphatic carbocycles. The van der Waals surface area contributed by atoms with Gasteiger partial charge in [0.2, 0.25) is 0 Å². The smallest absolute Gasteiger partial charge is 0.339 e. The van der Waals surface area contributed by atoms with Gasteiger partial charge in [-0.3, -0.25) is 0 Å². The molecule has 0 aliphatic rings. The van der Waals surface area contributed by atoms with Gasteiger partial charge in [0.1, 0.15) is 17.9 Å². The summed E-state index contributed by atoms with van der Waals surface area (Å²) in [5.41, 5.74) is 5.54. The minimum atomic E-state index is -0.291. The van der Waals surface area contributed by atoms with Crippen LogP contribution in [0.4, 0.5) is 0 Å². The fourth-order valence-electron chi connectivity index (χ4n) is 3.04. The second-order valence-electron chi connectivity index (χ2n) is 7.80. The zero-order valence-electron chi connectivity index (χ0n) is 17.6. The third-order valence-electron chi connectivity index (χ3n) is 4.69. The molecular formula is C26H28O3. The molecule has 0 atom stereocenters. The first-order chi connectivity index (χ1) is 13.9. The standard InChI is InChI=1S/C26H28O3/c1-18(2)10-12-21-14-23-15-22(13-11-19(3)4)26(27)29-25(23)16-24(21)28-17-20-8-6-5-7-9-20/h5-11,14-16H,12-13,17H2,1-4H3. The van der Waals surface area contributed by atoms with Gasteiger partial charge in [-0.2, -0.15) is 0 Å². The van der Waals surface area contributed by atoms with Gasteiger partial charge < -0.3 is 9.15 Å². The number of rotatable bonds is 7. The molecule has 0 N–H and O–H groups in total. The molecule has 0 bridgehead atoms. The fraction of sp³-hybridized carbons (Fsp3) is 0.269. The van der Waals surface area contributed by atoms with Crippen LogP contribution in [0.25, 0.3) is 11.0 Å². The van der Waals surface area contributed by atoms with Gasteiger partial charge in [0.05, 0.1) is 0 Å². The van der Waals surface area contributed by atoms with E-state index in [1.165, 1.54) is 11.1 Å². The Morgan fingerprint density at radius 3 is 2.17 bits per heavy atom. The molecule has 0 unspecified atom stereocenters. The summed E-state index contributed by atoms with van der Waals surface area (Å²) < 4.78 is 11.7. The van der Waals surface area contributed by atoms with Crippen molar-refractivity contribution in [1.29, 1.82) is 0 Å². The zero-order valence-corrected chi connectivity index (χ0v) is 17.6. The first-order valence-corrected chi connectivity index (χ1v) is 9.95. The van der Waals surface area contributed by atoms with Crippen LogP contribution in [0.3, 0.4) is 0 Å². The average Bonchev–Trinajstić information content (AvgIpc) is 2.69. The van der Waals surface area contributed by atoms with Crippen molar-refractivity contribution in [3.05, 3.63) is 98.9 Å². The van der Waals surface area contributed by atoms with E-state index in [1.54, 1.807) is 0 Å². The number of allylic oxidation sites excluding steroid dienone is 4. The van der Waals surface area contributed by atoms with Crippen molar-refractivity contribution in [3.8, 4) is 5.75 Å². The highest BCUT2D eigenvalue weighted by Crippen LogP contribution is 2.28. The number of hydrogen-bond acceptors (Lipinski definition) is 3. The lowest BCUT2D eigenvalue weighted by Crippen LogP contribution is -2.07. The quantitative estimate of drug-likeness (QED) is 0.348. The van der Waals surface area contributed by atoms with Gasteiger partial charge in [-0.05, 0) is 63.8 Å². The molecule has 0 saturated carbocycles. The number of benzene rings is 2. The van der Waals surface area contributed by atoms with Crippen molar-refractivity contribution >= 4 is 11.0 Å². The van der Waals surface area contributed by atoms with Crippen molar-refractivity contribution in [3.63, 3.8) is 0 Å². The van der Waals surface area contributed by atoms with Crippen LogP contribution in [-0.2, 0) is 19.4 Å². The lowest BCUT2D eigenvalue weighted by molar-refractivity contribution is 0.303. The zero-order chi connectivity index (χ0) is 20.8. The Balaban J connectivity index is 2.00. The lowest BCUT2D eigenvalue weighted by Gasteiger charge is -2.12. The molecule has 0 amide bonds. The van der Waals surface area contributed by atoms with E-state index in [1.807, 2.05) is 62.4 Å². The molecule has 2 aromatic carbocycles. The van der Waals surface area contributed by atoms with Gasteiger partial charge in [-0.25, -0.2) is 4.79 Å². The summed E-state index contributed by atoms with van der Waals surface area (Å²) in [6.07, 6.45) is 5.57. The van der Waals surface area contributed by atoms with E-state index in [0.717, 1.165) is 28.7 Å². The molecule has 3 heteroatoms. The molecule has 1 heterocycles. The van der Waals surface area contributed by atoms with Crippen LogP contribution in [0.2, 0.25) is 0 Å². The Morgan fingerprint density at radius 1 is 0.897 bits per heavy atom. The van der Waals surface area contributed by atoms with Crippen LogP contribution in [0.15, 0.2) is 81.0 Å². The first-order valence-electron chi connectivity index (χ1n) is 9.95. The predicted octanol–water partition coefficient (Wildman–Crippen LogP) is 6.39. The Bertz CT molecular complexity index is 1090. The van der Waals surface area contributed by atoms with E-state index in [4.69, 9.17) is 9.15 Å². The lowest BCUT2D eigenvalue weighted by atomic mass is 10.0. The SMILES string of the molecule is CC(C)=CCc1cc2cc(CC=C(C)C)c(=O)oc2cc1OCc1ccccc1. The highest BCUT2D eigenvalue weighted by Gasteiger charge is 2.11. The van der Waals surface area contributed by atoms with Gasteiger partial charge in [0.15, 0.2) is 0 Å². The van der Waals surface area contributed by atoms with Crippen LogP contribution in [0.1, 0.15) is 44.4 Å². The molecule has 0 saturated heterocycles. The van der Waals surface area contributed by atoms with Gasteiger partial charge in [-0.15, -0.1) is 0 Å². The van der Waals surface area contributed by atoms with E-state index in [0.29, 0.717) is 24.2 Å². The van der Waals surface area contributed by atoms with Crippen LogP contribution < -0.4 is 10.4 Å². The highest BCUT2D eigenvalue weighted by molar-refractivity contribution is 5.80. The maximum absolute atomic E-state index is 12.4. The Kier molecular flexibility index (Phi) is 6.71. The first kappa shape index (κ1) is 20.7. The summed E-state index contributed by atoms with van der Waals surface area (Å²) in [6, 6.07) is 15.9. The number of ether oxygens (including phenoxy) is 1. The Labute approximate surface area is 172 Å². The van der Waals surface area contributed by atoms with E-state index >= 15 is 0 Å². The minimum Gasteiger partial charge on any atom is -0.488 e. The summed E-state index contributed by atoms with van der Waals surface area (Å²) >= 11 is 0. The van der Waals surface area contributed by atoms with E-state index in [2.05, 4.69) is 26.0 Å². The number of hydrogen-bond donors (Lipinski definition) is 0. The number of fused-ring (bicyclic) bond motifs is 1. The molecule has 1 aromatic heterocycles. The van der Waals surface area contributed by atoms with Crippen molar-refractivity contribution in [1.82, 2.24) is 0 Å². The topological polar surface area (TPSA) is 39.4 Å². The van der Waals surface area contributed by atoms with E-state index < -0.39 is 0 Å². The highest BCUT2D eigenvalue weighted by atomic mass is 16.5. The third-order valence-corrected chi connectivity index (χ3v) is 4.69. The molecule has 3 nitrogen and oxygen atoms in total. The predicted molar refractivity (Wildman–Crippen MR) is 120 cm³/mol. The van der Waals surface area contributed by atoms with Crippen molar-refractivity contribution in [2.45, 2.75) is 47.1 Å². The van der Waals surface area contributed by atoms with Gasteiger partial charge >= 0.3 is 5.63 Å². The molecule has 3 rings (SSSR count). The summed E-state index contributed by atoms with van der Waals surface area (Å²) in [4.78, 5) is 12.4. The normalized spacial score (nSPS) is 10.6. The summed E-state index contributed by atoms with van der Waals surface area (Å²) in [6.45, 7) is 8.69. The average molecular weight is 389 g/mol.